The van der Waals surface area contributed by atoms with Gasteiger partial charge in [0.2, 0.25) is 0 Å². The standard InChI is InChI=1S/C15H17FN2/c1-10-4-3-5-14(15(10)17)18-11(2)12-6-8-13(16)9-7-12/h3-9,11,18H,17H2,1-2H3. The van der Waals surface area contributed by atoms with Crippen LogP contribution in [0.3, 0.4) is 0 Å². The third-order valence-electron chi connectivity index (χ3n) is 3.07. The number of hydrogen-bond acceptors (Lipinski definition) is 2. The van der Waals surface area contributed by atoms with Gasteiger partial charge >= 0.3 is 0 Å². The number of anilines is 2. The maximum absolute atomic E-state index is 12.9. The van der Waals surface area contributed by atoms with Crippen LogP contribution in [0.1, 0.15) is 24.1 Å². The highest BCUT2D eigenvalue weighted by molar-refractivity contribution is 5.70. The van der Waals surface area contributed by atoms with Gasteiger partial charge < -0.3 is 11.1 Å². The molecule has 0 bridgehead atoms. The third-order valence-corrected chi connectivity index (χ3v) is 3.07. The Hall–Kier alpha value is -2.03. The van der Waals surface area contributed by atoms with E-state index in [2.05, 4.69) is 5.32 Å². The van der Waals surface area contributed by atoms with E-state index in [1.165, 1.54) is 12.1 Å². The maximum Gasteiger partial charge on any atom is 0.123 e. The van der Waals surface area contributed by atoms with Crippen molar-refractivity contribution >= 4 is 11.4 Å². The van der Waals surface area contributed by atoms with Crippen LogP contribution in [-0.2, 0) is 0 Å². The van der Waals surface area contributed by atoms with Gasteiger partial charge in [0, 0.05) is 6.04 Å². The summed E-state index contributed by atoms with van der Waals surface area (Å²) in [4.78, 5) is 0. The first-order valence-corrected chi connectivity index (χ1v) is 5.95. The topological polar surface area (TPSA) is 38.0 Å². The molecule has 0 saturated heterocycles. The Kier molecular flexibility index (Phi) is 3.51. The fraction of sp³-hybridized carbons (Fsp3) is 0.200. The van der Waals surface area contributed by atoms with Crippen molar-refractivity contribution in [3.05, 3.63) is 59.4 Å². The second kappa shape index (κ2) is 5.08. The average Bonchev–Trinajstić information content (AvgIpc) is 2.36. The first-order valence-electron chi connectivity index (χ1n) is 5.95. The molecule has 18 heavy (non-hydrogen) atoms. The molecule has 2 rings (SSSR count). The van der Waals surface area contributed by atoms with Crippen LogP contribution in [0.15, 0.2) is 42.5 Å². The molecule has 0 radical (unpaired) electrons. The SMILES string of the molecule is Cc1cccc(NC(C)c2ccc(F)cc2)c1N. The van der Waals surface area contributed by atoms with Crippen molar-refractivity contribution in [2.45, 2.75) is 19.9 Å². The highest BCUT2D eigenvalue weighted by atomic mass is 19.1. The highest BCUT2D eigenvalue weighted by Crippen LogP contribution is 2.26. The molecule has 0 amide bonds. The van der Waals surface area contributed by atoms with E-state index in [0.29, 0.717) is 0 Å². The van der Waals surface area contributed by atoms with Crippen molar-refractivity contribution in [2.24, 2.45) is 0 Å². The largest absolute Gasteiger partial charge is 0.397 e. The van der Waals surface area contributed by atoms with E-state index in [0.717, 1.165) is 22.5 Å². The number of para-hydroxylation sites is 1. The summed E-state index contributed by atoms with van der Waals surface area (Å²) >= 11 is 0. The zero-order valence-corrected chi connectivity index (χ0v) is 10.6. The Morgan fingerprint density at radius 2 is 1.78 bits per heavy atom. The first-order chi connectivity index (χ1) is 8.58. The lowest BCUT2D eigenvalue weighted by Gasteiger charge is -2.18. The molecule has 0 aliphatic carbocycles. The molecule has 2 aromatic carbocycles. The van der Waals surface area contributed by atoms with Crippen LogP contribution in [-0.4, -0.2) is 0 Å². The fourth-order valence-electron chi connectivity index (χ4n) is 1.87. The molecule has 0 aliphatic rings. The lowest BCUT2D eigenvalue weighted by atomic mass is 10.1. The van der Waals surface area contributed by atoms with E-state index >= 15 is 0 Å². The van der Waals surface area contributed by atoms with Gasteiger partial charge in [-0.3, -0.25) is 0 Å². The zero-order chi connectivity index (χ0) is 13.1. The Morgan fingerprint density at radius 1 is 1.11 bits per heavy atom. The number of aryl methyl sites for hydroxylation is 1. The second-order valence-corrected chi connectivity index (χ2v) is 4.45. The normalized spacial score (nSPS) is 12.2. The maximum atomic E-state index is 12.9. The molecule has 2 aromatic rings. The molecule has 0 saturated carbocycles. The Balaban J connectivity index is 2.18. The van der Waals surface area contributed by atoms with Crippen molar-refractivity contribution < 1.29 is 4.39 Å². The van der Waals surface area contributed by atoms with Crippen molar-refractivity contribution in [3.8, 4) is 0 Å². The van der Waals surface area contributed by atoms with Crippen LogP contribution in [0, 0.1) is 12.7 Å². The number of nitrogen functional groups attached to an aromatic ring is 1. The summed E-state index contributed by atoms with van der Waals surface area (Å²) in [5.41, 5.74) is 9.75. The summed E-state index contributed by atoms with van der Waals surface area (Å²) in [6.45, 7) is 4.00. The molecule has 3 heteroatoms. The molecular weight excluding hydrogens is 227 g/mol. The monoisotopic (exact) mass is 244 g/mol. The molecule has 1 unspecified atom stereocenters. The van der Waals surface area contributed by atoms with Crippen molar-refractivity contribution in [3.63, 3.8) is 0 Å². The molecule has 1 atom stereocenters. The molecule has 0 aliphatic heterocycles. The smallest absolute Gasteiger partial charge is 0.123 e. The van der Waals surface area contributed by atoms with Gasteiger partial charge in [-0.05, 0) is 43.2 Å². The van der Waals surface area contributed by atoms with Gasteiger partial charge in [0.15, 0.2) is 0 Å². The fourth-order valence-corrected chi connectivity index (χ4v) is 1.87. The van der Waals surface area contributed by atoms with Crippen molar-refractivity contribution in [2.75, 3.05) is 11.1 Å². The third kappa shape index (κ3) is 2.62. The van der Waals surface area contributed by atoms with Crippen LogP contribution in [0.4, 0.5) is 15.8 Å². The van der Waals surface area contributed by atoms with Gasteiger partial charge in [0.1, 0.15) is 5.82 Å². The predicted molar refractivity (Wildman–Crippen MR) is 74.0 cm³/mol. The van der Waals surface area contributed by atoms with Crippen LogP contribution >= 0.6 is 0 Å². The molecular formula is C15H17FN2. The quantitative estimate of drug-likeness (QED) is 0.804. The van der Waals surface area contributed by atoms with Gasteiger partial charge in [0.25, 0.3) is 0 Å². The van der Waals surface area contributed by atoms with Crippen LogP contribution in [0.25, 0.3) is 0 Å². The average molecular weight is 244 g/mol. The number of hydrogen-bond donors (Lipinski definition) is 2. The first kappa shape index (κ1) is 12.4. The van der Waals surface area contributed by atoms with Crippen LogP contribution in [0.2, 0.25) is 0 Å². The Morgan fingerprint density at radius 3 is 2.44 bits per heavy atom. The highest BCUT2D eigenvalue weighted by Gasteiger charge is 2.08. The summed E-state index contributed by atoms with van der Waals surface area (Å²) in [6, 6.07) is 12.4. The van der Waals surface area contributed by atoms with Crippen LogP contribution in [0.5, 0.6) is 0 Å². The van der Waals surface area contributed by atoms with E-state index in [4.69, 9.17) is 5.73 Å². The molecule has 0 heterocycles. The van der Waals surface area contributed by atoms with Gasteiger partial charge in [-0.15, -0.1) is 0 Å². The zero-order valence-electron chi connectivity index (χ0n) is 10.6. The second-order valence-electron chi connectivity index (χ2n) is 4.45. The lowest BCUT2D eigenvalue weighted by Crippen LogP contribution is -2.08. The predicted octanol–water partition coefficient (Wildman–Crippen LogP) is 3.89. The van der Waals surface area contributed by atoms with Crippen molar-refractivity contribution in [1.82, 2.24) is 0 Å². The summed E-state index contributed by atoms with van der Waals surface area (Å²) in [6.07, 6.45) is 0. The van der Waals surface area contributed by atoms with E-state index in [1.54, 1.807) is 12.1 Å². The van der Waals surface area contributed by atoms with E-state index < -0.39 is 0 Å². The number of nitrogens with two attached hydrogens (primary N) is 1. The number of rotatable bonds is 3. The molecule has 0 aromatic heterocycles. The van der Waals surface area contributed by atoms with Gasteiger partial charge in [0.05, 0.1) is 11.4 Å². The summed E-state index contributed by atoms with van der Waals surface area (Å²) in [7, 11) is 0. The number of benzene rings is 2. The minimum atomic E-state index is -0.221. The molecule has 94 valence electrons. The number of nitrogens with one attached hydrogen (secondary N) is 1. The lowest BCUT2D eigenvalue weighted by molar-refractivity contribution is 0.626. The van der Waals surface area contributed by atoms with Gasteiger partial charge in [-0.2, -0.15) is 0 Å². The summed E-state index contributed by atoms with van der Waals surface area (Å²) in [5.74, 6) is -0.221. The molecule has 2 nitrogen and oxygen atoms in total. The van der Waals surface area contributed by atoms with Crippen LogP contribution < -0.4 is 11.1 Å². The minimum Gasteiger partial charge on any atom is -0.397 e. The van der Waals surface area contributed by atoms with E-state index in [-0.39, 0.29) is 11.9 Å². The van der Waals surface area contributed by atoms with Gasteiger partial charge in [-0.25, -0.2) is 4.39 Å². The summed E-state index contributed by atoms with van der Waals surface area (Å²) in [5, 5.41) is 3.34. The summed E-state index contributed by atoms with van der Waals surface area (Å²) < 4.78 is 12.9. The van der Waals surface area contributed by atoms with Gasteiger partial charge in [-0.1, -0.05) is 24.3 Å². The Labute approximate surface area is 107 Å². The van der Waals surface area contributed by atoms with Crippen molar-refractivity contribution in [1.29, 1.82) is 0 Å². The minimum absolute atomic E-state index is 0.0784. The molecule has 0 fully saturated rings. The number of halogens is 1. The van der Waals surface area contributed by atoms with E-state index in [9.17, 15) is 4.39 Å². The van der Waals surface area contributed by atoms with E-state index in [1.807, 2.05) is 32.0 Å². The molecule has 0 spiro atoms. The molecule has 3 N–H and O–H groups in total. The Bertz CT molecular complexity index is 535.